The quantitative estimate of drug-likeness (QED) is 0.518. The van der Waals surface area contributed by atoms with Crippen LogP contribution in [0.4, 0.5) is 0 Å². The predicted molar refractivity (Wildman–Crippen MR) is 27.4 cm³/mol. The molecule has 0 bridgehead atoms. The van der Waals surface area contributed by atoms with E-state index in [2.05, 4.69) is 10.9 Å². The summed E-state index contributed by atoms with van der Waals surface area (Å²) in [4.78, 5) is 4.34. The standard InChI is InChI=1S/C5H8N2O/c6-3-5(1-2-5)4-8-7/h1-2,4,7H2. The molecule has 0 saturated heterocycles. The van der Waals surface area contributed by atoms with E-state index in [1.165, 1.54) is 0 Å². The smallest absolute Gasteiger partial charge is 0.0865 e. The van der Waals surface area contributed by atoms with Crippen LogP contribution < -0.4 is 5.90 Å². The van der Waals surface area contributed by atoms with E-state index in [1.54, 1.807) is 0 Å². The fraction of sp³-hybridized carbons (Fsp3) is 0.800. The number of nitriles is 1. The second kappa shape index (κ2) is 1.73. The number of nitrogens with zero attached hydrogens (tertiary/aromatic N) is 1. The van der Waals surface area contributed by atoms with E-state index in [1.807, 2.05) is 0 Å². The van der Waals surface area contributed by atoms with E-state index in [9.17, 15) is 0 Å². The second-order valence-corrected chi connectivity index (χ2v) is 2.20. The van der Waals surface area contributed by atoms with Gasteiger partial charge in [0.1, 0.15) is 0 Å². The van der Waals surface area contributed by atoms with Gasteiger partial charge in [0, 0.05) is 0 Å². The maximum Gasteiger partial charge on any atom is 0.0865 e. The molecule has 3 heteroatoms. The van der Waals surface area contributed by atoms with Crippen molar-refractivity contribution in [3.63, 3.8) is 0 Å². The number of nitrogens with two attached hydrogens (primary N) is 1. The highest BCUT2D eigenvalue weighted by Crippen LogP contribution is 2.44. The lowest BCUT2D eigenvalue weighted by Crippen LogP contribution is -2.11. The third kappa shape index (κ3) is 0.808. The van der Waals surface area contributed by atoms with Gasteiger partial charge in [-0.05, 0) is 12.8 Å². The molecular formula is C5H8N2O. The van der Waals surface area contributed by atoms with Crippen LogP contribution in [0.15, 0.2) is 0 Å². The van der Waals surface area contributed by atoms with Crippen molar-refractivity contribution >= 4 is 0 Å². The first-order chi connectivity index (χ1) is 3.83. The first kappa shape index (κ1) is 5.54. The Balaban J connectivity index is 2.33. The minimum Gasteiger partial charge on any atom is -0.303 e. The molecule has 8 heavy (non-hydrogen) atoms. The summed E-state index contributed by atoms with van der Waals surface area (Å²) < 4.78 is 0. The van der Waals surface area contributed by atoms with E-state index in [0.717, 1.165) is 12.8 Å². The van der Waals surface area contributed by atoms with Gasteiger partial charge in [-0.15, -0.1) is 0 Å². The minimum atomic E-state index is -0.200. The molecule has 0 amide bonds. The third-order valence-corrected chi connectivity index (χ3v) is 1.45. The monoisotopic (exact) mass is 112 g/mol. The summed E-state index contributed by atoms with van der Waals surface area (Å²) in [6, 6.07) is 2.15. The molecular weight excluding hydrogens is 104 g/mol. The lowest BCUT2D eigenvalue weighted by molar-refractivity contribution is 0.110. The van der Waals surface area contributed by atoms with Gasteiger partial charge in [0.15, 0.2) is 0 Å². The van der Waals surface area contributed by atoms with Crippen molar-refractivity contribution in [2.24, 2.45) is 11.3 Å². The maximum absolute atomic E-state index is 8.40. The summed E-state index contributed by atoms with van der Waals surface area (Å²) in [6.45, 7) is 0.392. The molecule has 0 aromatic heterocycles. The van der Waals surface area contributed by atoms with Gasteiger partial charge in [-0.2, -0.15) is 5.26 Å². The third-order valence-electron chi connectivity index (χ3n) is 1.45. The Labute approximate surface area is 48.0 Å². The van der Waals surface area contributed by atoms with Crippen LogP contribution in [0.5, 0.6) is 0 Å². The summed E-state index contributed by atoms with van der Waals surface area (Å²) in [5.41, 5.74) is -0.200. The van der Waals surface area contributed by atoms with Crippen molar-refractivity contribution in [3.8, 4) is 6.07 Å². The molecule has 0 radical (unpaired) electrons. The first-order valence-electron chi connectivity index (χ1n) is 2.56. The van der Waals surface area contributed by atoms with Crippen molar-refractivity contribution < 1.29 is 4.84 Å². The van der Waals surface area contributed by atoms with E-state index in [4.69, 9.17) is 11.2 Å². The Morgan fingerprint density at radius 1 is 1.75 bits per heavy atom. The van der Waals surface area contributed by atoms with Crippen molar-refractivity contribution in [1.29, 1.82) is 5.26 Å². The molecule has 1 saturated carbocycles. The van der Waals surface area contributed by atoms with Crippen LogP contribution in [0.3, 0.4) is 0 Å². The van der Waals surface area contributed by atoms with Gasteiger partial charge in [0.2, 0.25) is 0 Å². The summed E-state index contributed by atoms with van der Waals surface area (Å²) in [5.74, 6) is 4.78. The van der Waals surface area contributed by atoms with Crippen LogP contribution in [-0.4, -0.2) is 6.61 Å². The molecule has 44 valence electrons. The largest absolute Gasteiger partial charge is 0.303 e. The Morgan fingerprint density at radius 2 is 2.38 bits per heavy atom. The number of hydrogen-bond acceptors (Lipinski definition) is 3. The summed E-state index contributed by atoms with van der Waals surface area (Å²) in [5, 5.41) is 8.40. The highest BCUT2D eigenvalue weighted by atomic mass is 16.6. The maximum atomic E-state index is 8.40. The van der Waals surface area contributed by atoms with E-state index in [-0.39, 0.29) is 5.41 Å². The topological polar surface area (TPSA) is 59.0 Å². The van der Waals surface area contributed by atoms with E-state index < -0.39 is 0 Å². The fourth-order valence-corrected chi connectivity index (χ4v) is 0.599. The molecule has 0 aromatic carbocycles. The van der Waals surface area contributed by atoms with Crippen molar-refractivity contribution in [1.82, 2.24) is 0 Å². The molecule has 1 aliphatic carbocycles. The van der Waals surface area contributed by atoms with Gasteiger partial charge in [-0.25, -0.2) is 5.90 Å². The van der Waals surface area contributed by atoms with Crippen LogP contribution in [-0.2, 0) is 4.84 Å². The molecule has 3 nitrogen and oxygen atoms in total. The highest BCUT2D eigenvalue weighted by molar-refractivity contribution is 5.09. The average Bonchev–Trinajstić information content (AvgIpc) is 2.50. The van der Waals surface area contributed by atoms with Crippen LogP contribution in [0.25, 0.3) is 0 Å². The predicted octanol–water partition coefficient (Wildman–Crippen LogP) is 0.180. The zero-order valence-electron chi connectivity index (χ0n) is 4.55. The highest BCUT2D eigenvalue weighted by Gasteiger charge is 2.43. The molecule has 0 aliphatic heterocycles. The fourth-order valence-electron chi connectivity index (χ4n) is 0.599. The first-order valence-corrected chi connectivity index (χ1v) is 2.56. The molecule has 1 fully saturated rings. The normalized spacial score (nSPS) is 22.0. The Hall–Kier alpha value is -0.590. The molecule has 0 spiro atoms. The van der Waals surface area contributed by atoms with Crippen molar-refractivity contribution in [3.05, 3.63) is 0 Å². The zero-order chi connectivity index (χ0) is 6.04. The van der Waals surface area contributed by atoms with Gasteiger partial charge >= 0.3 is 0 Å². The lowest BCUT2D eigenvalue weighted by Gasteiger charge is -1.98. The van der Waals surface area contributed by atoms with Crippen LogP contribution >= 0.6 is 0 Å². The van der Waals surface area contributed by atoms with Crippen LogP contribution in [0, 0.1) is 16.7 Å². The summed E-state index contributed by atoms with van der Waals surface area (Å²) >= 11 is 0. The van der Waals surface area contributed by atoms with Gasteiger partial charge in [0.25, 0.3) is 0 Å². The van der Waals surface area contributed by atoms with Crippen LogP contribution in [0.1, 0.15) is 12.8 Å². The van der Waals surface area contributed by atoms with E-state index >= 15 is 0 Å². The molecule has 1 rings (SSSR count). The summed E-state index contributed by atoms with van der Waals surface area (Å²) in [7, 11) is 0. The minimum absolute atomic E-state index is 0.200. The molecule has 0 atom stereocenters. The average molecular weight is 112 g/mol. The zero-order valence-corrected chi connectivity index (χ0v) is 4.55. The van der Waals surface area contributed by atoms with Crippen molar-refractivity contribution in [2.75, 3.05) is 6.61 Å². The Bertz CT molecular complexity index is 123. The Morgan fingerprint density at radius 3 is 2.50 bits per heavy atom. The van der Waals surface area contributed by atoms with Crippen LogP contribution in [0.2, 0.25) is 0 Å². The SMILES string of the molecule is N#CC1(CON)CC1. The number of hydrogen-bond donors (Lipinski definition) is 1. The summed E-state index contributed by atoms with van der Waals surface area (Å²) in [6.07, 6.45) is 1.89. The molecule has 2 N–H and O–H groups in total. The van der Waals surface area contributed by atoms with Gasteiger partial charge in [-0.3, -0.25) is 0 Å². The second-order valence-electron chi connectivity index (χ2n) is 2.20. The molecule has 0 aromatic rings. The Kier molecular flexibility index (Phi) is 1.20. The molecule has 1 aliphatic rings. The van der Waals surface area contributed by atoms with Gasteiger partial charge in [-0.1, -0.05) is 0 Å². The number of rotatable bonds is 2. The molecule has 0 unspecified atom stereocenters. The molecule has 0 heterocycles. The van der Waals surface area contributed by atoms with Crippen molar-refractivity contribution in [2.45, 2.75) is 12.8 Å². The van der Waals surface area contributed by atoms with E-state index in [0.29, 0.717) is 6.61 Å². The van der Waals surface area contributed by atoms with Gasteiger partial charge in [0.05, 0.1) is 18.1 Å². The lowest BCUT2D eigenvalue weighted by atomic mass is 10.2. The van der Waals surface area contributed by atoms with Gasteiger partial charge < -0.3 is 4.84 Å².